The molecular formula is C21H37NO2. The highest BCUT2D eigenvalue weighted by Gasteiger charge is 2.51. The van der Waals surface area contributed by atoms with Crippen molar-refractivity contribution in [2.45, 2.75) is 71.8 Å². The van der Waals surface area contributed by atoms with E-state index in [4.69, 9.17) is 0 Å². The van der Waals surface area contributed by atoms with Crippen LogP contribution in [0.1, 0.15) is 65.7 Å². The van der Waals surface area contributed by atoms with Crippen LogP contribution in [0.4, 0.5) is 0 Å². The molecule has 0 aliphatic heterocycles. The Morgan fingerprint density at radius 3 is 2.54 bits per heavy atom. The van der Waals surface area contributed by atoms with E-state index in [1.165, 1.54) is 25.7 Å². The number of allylic oxidation sites excluding steroid dienone is 1. The lowest BCUT2D eigenvalue weighted by Crippen LogP contribution is -2.48. The second-order valence-corrected chi connectivity index (χ2v) is 9.51. The lowest BCUT2D eigenvalue weighted by Gasteiger charge is -2.52. The summed E-state index contributed by atoms with van der Waals surface area (Å²) in [5, 5.41) is 23.6. The van der Waals surface area contributed by atoms with Crippen LogP contribution >= 0.6 is 0 Å². The highest BCUT2D eigenvalue weighted by atomic mass is 16.3. The largest absolute Gasteiger partial charge is 0.396 e. The molecule has 0 aromatic carbocycles. The zero-order chi connectivity index (χ0) is 17.5. The fourth-order valence-corrected chi connectivity index (χ4v) is 6.28. The topological polar surface area (TPSA) is 52.5 Å². The number of hydrogen-bond acceptors (Lipinski definition) is 3. The molecule has 3 aliphatic carbocycles. The summed E-state index contributed by atoms with van der Waals surface area (Å²) >= 11 is 0. The minimum atomic E-state index is -0.221. The average molecular weight is 336 g/mol. The molecule has 138 valence electrons. The van der Waals surface area contributed by atoms with Gasteiger partial charge in [0.05, 0.1) is 6.10 Å². The number of rotatable bonds is 4. The van der Waals surface area contributed by atoms with Crippen LogP contribution in [0.2, 0.25) is 0 Å². The van der Waals surface area contributed by atoms with Crippen LogP contribution in [0.25, 0.3) is 0 Å². The van der Waals surface area contributed by atoms with E-state index < -0.39 is 0 Å². The molecule has 0 heterocycles. The van der Waals surface area contributed by atoms with Crippen molar-refractivity contribution in [3.05, 3.63) is 11.1 Å². The summed E-state index contributed by atoms with van der Waals surface area (Å²) in [5.74, 6) is 1.47. The van der Waals surface area contributed by atoms with Crippen molar-refractivity contribution in [2.75, 3.05) is 20.2 Å². The molecule has 3 heteroatoms. The predicted octanol–water partition coefficient (Wildman–Crippen LogP) is 3.51. The Morgan fingerprint density at radius 1 is 1.12 bits per heavy atom. The van der Waals surface area contributed by atoms with Crippen LogP contribution in [0.5, 0.6) is 0 Å². The Hall–Kier alpha value is -0.380. The summed E-state index contributed by atoms with van der Waals surface area (Å²) in [6.45, 7) is 8.50. The molecule has 0 bridgehead atoms. The highest BCUT2D eigenvalue weighted by molar-refractivity contribution is 5.32. The van der Waals surface area contributed by atoms with Gasteiger partial charge in [0, 0.05) is 13.2 Å². The van der Waals surface area contributed by atoms with Gasteiger partial charge in [-0.3, -0.25) is 0 Å². The zero-order valence-electron chi connectivity index (χ0n) is 16.1. The van der Waals surface area contributed by atoms with Crippen LogP contribution in [0.3, 0.4) is 0 Å². The van der Waals surface area contributed by atoms with Crippen molar-refractivity contribution in [3.63, 3.8) is 0 Å². The summed E-state index contributed by atoms with van der Waals surface area (Å²) in [5.41, 5.74) is 4.00. The van der Waals surface area contributed by atoms with Crippen molar-refractivity contribution >= 4 is 0 Å². The Balaban J connectivity index is 1.93. The van der Waals surface area contributed by atoms with E-state index >= 15 is 0 Å². The van der Waals surface area contributed by atoms with Gasteiger partial charge in [0.1, 0.15) is 0 Å². The quantitative estimate of drug-likeness (QED) is 0.689. The molecule has 0 amide bonds. The van der Waals surface area contributed by atoms with Crippen molar-refractivity contribution in [1.29, 1.82) is 0 Å². The molecule has 5 atom stereocenters. The molecule has 1 saturated carbocycles. The minimum Gasteiger partial charge on any atom is -0.396 e. The fraction of sp³-hybridized carbons (Fsp3) is 0.905. The number of nitrogens with one attached hydrogen (secondary N) is 1. The van der Waals surface area contributed by atoms with Gasteiger partial charge in [0.2, 0.25) is 0 Å². The van der Waals surface area contributed by atoms with E-state index in [0.717, 1.165) is 25.8 Å². The Bertz CT molecular complexity index is 498. The molecular weight excluding hydrogens is 298 g/mol. The summed E-state index contributed by atoms with van der Waals surface area (Å²) in [4.78, 5) is 0. The molecule has 24 heavy (non-hydrogen) atoms. The average Bonchev–Trinajstić information content (AvgIpc) is 2.86. The van der Waals surface area contributed by atoms with Gasteiger partial charge in [-0.05, 0) is 80.6 Å². The van der Waals surface area contributed by atoms with E-state index in [9.17, 15) is 10.2 Å². The zero-order valence-corrected chi connectivity index (χ0v) is 16.1. The first kappa shape index (κ1) is 18.4. The molecule has 0 radical (unpaired) electrons. The summed E-state index contributed by atoms with van der Waals surface area (Å²) < 4.78 is 0. The number of hydrogen-bond donors (Lipinski definition) is 3. The normalized spacial score (nSPS) is 42.2. The Morgan fingerprint density at radius 2 is 1.88 bits per heavy atom. The van der Waals surface area contributed by atoms with Gasteiger partial charge in [-0.2, -0.15) is 0 Å². The van der Waals surface area contributed by atoms with Gasteiger partial charge in [0.25, 0.3) is 0 Å². The maximum Gasteiger partial charge on any atom is 0.0544 e. The first-order valence-electron chi connectivity index (χ1n) is 9.99. The third kappa shape index (κ3) is 2.97. The first-order valence-corrected chi connectivity index (χ1v) is 9.99. The van der Waals surface area contributed by atoms with E-state index in [-0.39, 0.29) is 24.0 Å². The van der Waals surface area contributed by atoms with Gasteiger partial charge in [-0.15, -0.1) is 0 Å². The van der Waals surface area contributed by atoms with Crippen LogP contribution in [0.15, 0.2) is 11.1 Å². The number of aliphatic hydroxyl groups excluding tert-OH is 2. The molecule has 0 spiro atoms. The van der Waals surface area contributed by atoms with E-state index in [0.29, 0.717) is 17.3 Å². The van der Waals surface area contributed by atoms with E-state index in [1.54, 1.807) is 11.1 Å². The van der Waals surface area contributed by atoms with Crippen molar-refractivity contribution in [1.82, 2.24) is 5.32 Å². The summed E-state index contributed by atoms with van der Waals surface area (Å²) in [7, 11) is 2.07. The second-order valence-electron chi connectivity index (χ2n) is 9.51. The van der Waals surface area contributed by atoms with Gasteiger partial charge in [-0.1, -0.05) is 31.9 Å². The van der Waals surface area contributed by atoms with Gasteiger partial charge in [-0.25, -0.2) is 0 Å². The lowest BCUT2D eigenvalue weighted by atomic mass is 9.53. The third-order valence-corrected chi connectivity index (χ3v) is 7.86. The first-order chi connectivity index (χ1) is 11.3. The number of aliphatic hydroxyl groups is 2. The van der Waals surface area contributed by atoms with E-state index in [2.05, 4.69) is 33.1 Å². The van der Waals surface area contributed by atoms with Crippen molar-refractivity contribution in [2.24, 2.45) is 28.6 Å². The molecule has 0 aromatic rings. The third-order valence-electron chi connectivity index (χ3n) is 7.86. The minimum absolute atomic E-state index is 0.154. The smallest absolute Gasteiger partial charge is 0.0544 e. The summed E-state index contributed by atoms with van der Waals surface area (Å²) in [6.07, 6.45) is 7.54. The molecule has 3 rings (SSSR count). The molecule has 0 aromatic heterocycles. The van der Waals surface area contributed by atoms with Crippen molar-refractivity contribution < 1.29 is 10.2 Å². The predicted molar refractivity (Wildman–Crippen MR) is 98.7 cm³/mol. The maximum atomic E-state index is 10.1. The maximum absolute atomic E-state index is 10.1. The van der Waals surface area contributed by atoms with Crippen LogP contribution < -0.4 is 5.32 Å². The molecule has 0 saturated heterocycles. The van der Waals surface area contributed by atoms with Gasteiger partial charge >= 0.3 is 0 Å². The Kier molecular flexibility index (Phi) is 5.17. The highest BCUT2D eigenvalue weighted by Crippen LogP contribution is 2.58. The molecule has 0 unspecified atom stereocenters. The molecule has 3 N–H and O–H groups in total. The molecule has 1 fully saturated rings. The van der Waals surface area contributed by atoms with E-state index in [1.807, 2.05) is 0 Å². The van der Waals surface area contributed by atoms with Crippen LogP contribution in [0, 0.1) is 28.6 Å². The molecule has 3 nitrogen and oxygen atoms in total. The van der Waals surface area contributed by atoms with Crippen LogP contribution in [-0.2, 0) is 0 Å². The standard InChI is InChI=1S/C21H37NO2/c1-20(2)9-8-16-17(12-22-4)19(6-5-18(16)20)21(3)10-7-15(24)11-14(21)13-23/h14-15,17,19,22-24H,5-13H2,1-4H3/t14-,15+,17+,19+,21+/m1/s1. The second kappa shape index (κ2) is 6.74. The molecule has 3 aliphatic rings. The Labute approximate surface area is 147 Å². The summed E-state index contributed by atoms with van der Waals surface area (Å²) in [6, 6.07) is 0. The fourth-order valence-electron chi connectivity index (χ4n) is 6.28. The van der Waals surface area contributed by atoms with Crippen LogP contribution in [-0.4, -0.2) is 36.5 Å². The SMILES string of the molecule is CNC[C@H]1C2=C(CC[C@@H]1[C@@]1(C)CC[C@H](O)C[C@@H]1CO)C(C)(C)CC2. The monoisotopic (exact) mass is 335 g/mol. The van der Waals surface area contributed by atoms with Gasteiger partial charge in [0.15, 0.2) is 0 Å². The van der Waals surface area contributed by atoms with Crippen molar-refractivity contribution in [3.8, 4) is 0 Å². The lowest BCUT2D eigenvalue weighted by molar-refractivity contribution is -0.0581. The van der Waals surface area contributed by atoms with Gasteiger partial charge < -0.3 is 15.5 Å².